The van der Waals surface area contributed by atoms with Gasteiger partial charge in [0.25, 0.3) is 0 Å². The third-order valence-electron chi connectivity index (χ3n) is 3.26. The van der Waals surface area contributed by atoms with Gasteiger partial charge in [0, 0.05) is 11.3 Å². The molecule has 1 aromatic heterocycles. The van der Waals surface area contributed by atoms with Crippen LogP contribution in [-0.4, -0.2) is 20.2 Å². The van der Waals surface area contributed by atoms with E-state index in [-0.39, 0.29) is 6.04 Å². The average molecular weight is 259 g/mol. The molecule has 2 aromatic rings. The highest BCUT2D eigenvalue weighted by atomic mass is 15.5. The Bertz CT molecular complexity index is 559. The van der Waals surface area contributed by atoms with Gasteiger partial charge < -0.3 is 5.73 Å². The molecule has 0 radical (unpaired) electrons. The number of aromatic nitrogens is 4. The van der Waals surface area contributed by atoms with Gasteiger partial charge in [0.2, 0.25) is 0 Å². The van der Waals surface area contributed by atoms with E-state index in [2.05, 4.69) is 36.3 Å². The molecule has 5 nitrogen and oxygen atoms in total. The molecule has 0 amide bonds. The highest BCUT2D eigenvalue weighted by Gasteiger charge is 2.16. The van der Waals surface area contributed by atoms with E-state index in [1.807, 2.05) is 29.8 Å². The van der Waals surface area contributed by atoms with E-state index in [0.717, 1.165) is 29.1 Å². The Kier molecular flexibility index (Phi) is 3.83. The summed E-state index contributed by atoms with van der Waals surface area (Å²) < 4.78 is 1.88. The molecule has 5 heteroatoms. The summed E-state index contributed by atoms with van der Waals surface area (Å²) in [6.45, 7) is 8.52. The molecule has 0 aliphatic rings. The first-order valence-corrected chi connectivity index (χ1v) is 6.63. The molecule has 1 aromatic carbocycles. The van der Waals surface area contributed by atoms with Crippen molar-refractivity contribution in [3.05, 3.63) is 23.8 Å². The fourth-order valence-electron chi connectivity index (χ4n) is 2.24. The number of nitrogens with zero attached hydrogens (tertiary/aromatic N) is 4. The van der Waals surface area contributed by atoms with E-state index in [0.29, 0.717) is 5.92 Å². The molecule has 1 unspecified atom stereocenters. The highest BCUT2D eigenvalue weighted by Crippen LogP contribution is 2.25. The van der Waals surface area contributed by atoms with Crippen LogP contribution < -0.4 is 5.73 Å². The van der Waals surface area contributed by atoms with Crippen LogP contribution in [0.1, 0.15) is 38.8 Å². The van der Waals surface area contributed by atoms with Crippen LogP contribution in [-0.2, 0) is 0 Å². The number of nitrogens with two attached hydrogens (primary N) is 1. The van der Waals surface area contributed by atoms with Crippen LogP contribution in [0.2, 0.25) is 0 Å². The quantitative estimate of drug-likeness (QED) is 0.857. The lowest BCUT2D eigenvalue weighted by atomic mass is 10.0. The van der Waals surface area contributed by atoms with E-state index < -0.39 is 0 Å². The van der Waals surface area contributed by atoms with Crippen LogP contribution in [0.4, 0.5) is 5.69 Å². The summed E-state index contributed by atoms with van der Waals surface area (Å²) in [6, 6.07) is 6.21. The predicted molar refractivity (Wildman–Crippen MR) is 76.6 cm³/mol. The molecule has 0 bridgehead atoms. The minimum atomic E-state index is 0.271. The zero-order chi connectivity index (χ0) is 14.0. The first-order valence-electron chi connectivity index (χ1n) is 6.63. The number of tetrazole rings is 1. The topological polar surface area (TPSA) is 69.6 Å². The molecule has 2 N–H and O–H groups in total. The van der Waals surface area contributed by atoms with Crippen molar-refractivity contribution >= 4 is 5.69 Å². The summed E-state index contributed by atoms with van der Waals surface area (Å²) in [6.07, 6.45) is 1.04. The maximum Gasteiger partial charge on any atom is 0.182 e. The molecule has 0 aliphatic heterocycles. The maximum absolute atomic E-state index is 5.96. The maximum atomic E-state index is 5.96. The number of rotatable bonds is 4. The van der Waals surface area contributed by atoms with Crippen LogP contribution >= 0.6 is 0 Å². The van der Waals surface area contributed by atoms with Crippen molar-refractivity contribution < 1.29 is 0 Å². The SMILES string of the molecule is Cc1ccc(-c2nnnn2C(C)CC(C)C)cc1N. The first-order chi connectivity index (χ1) is 8.99. The predicted octanol–water partition coefficient (Wildman–Crippen LogP) is 2.84. The van der Waals surface area contributed by atoms with Crippen LogP contribution in [0, 0.1) is 12.8 Å². The van der Waals surface area contributed by atoms with Gasteiger partial charge in [-0.2, -0.15) is 0 Å². The van der Waals surface area contributed by atoms with Gasteiger partial charge in [0.15, 0.2) is 5.82 Å². The third kappa shape index (κ3) is 2.92. The lowest BCUT2D eigenvalue weighted by Crippen LogP contribution is -2.11. The van der Waals surface area contributed by atoms with Crippen molar-refractivity contribution in [2.75, 3.05) is 5.73 Å². The van der Waals surface area contributed by atoms with E-state index in [9.17, 15) is 0 Å². The zero-order valence-electron chi connectivity index (χ0n) is 12.0. The summed E-state index contributed by atoms with van der Waals surface area (Å²) in [5, 5.41) is 12.0. The number of benzene rings is 1. The van der Waals surface area contributed by atoms with Gasteiger partial charge >= 0.3 is 0 Å². The van der Waals surface area contributed by atoms with Crippen LogP contribution in [0.15, 0.2) is 18.2 Å². The van der Waals surface area contributed by atoms with E-state index in [4.69, 9.17) is 5.73 Å². The first kappa shape index (κ1) is 13.5. The van der Waals surface area contributed by atoms with E-state index in [1.54, 1.807) is 0 Å². The van der Waals surface area contributed by atoms with Crippen molar-refractivity contribution in [2.24, 2.45) is 5.92 Å². The Hall–Kier alpha value is -1.91. The van der Waals surface area contributed by atoms with E-state index >= 15 is 0 Å². The average Bonchev–Trinajstić information content (AvgIpc) is 2.81. The Morgan fingerprint density at radius 1 is 1.26 bits per heavy atom. The zero-order valence-corrected chi connectivity index (χ0v) is 12.0. The normalized spacial score (nSPS) is 12.9. The van der Waals surface area contributed by atoms with Crippen LogP contribution in [0.5, 0.6) is 0 Å². The summed E-state index contributed by atoms with van der Waals surface area (Å²) >= 11 is 0. The van der Waals surface area contributed by atoms with Gasteiger partial charge in [-0.3, -0.25) is 0 Å². The van der Waals surface area contributed by atoms with Gasteiger partial charge in [0.1, 0.15) is 0 Å². The molecule has 1 heterocycles. The second-order valence-corrected chi connectivity index (χ2v) is 5.50. The van der Waals surface area contributed by atoms with E-state index in [1.165, 1.54) is 0 Å². The Morgan fingerprint density at radius 3 is 2.63 bits per heavy atom. The molecule has 0 saturated carbocycles. The largest absolute Gasteiger partial charge is 0.398 e. The second kappa shape index (κ2) is 5.38. The fourth-order valence-corrected chi connectivity index (χ4v) is 2.24. The summed E-state index contributed by atoms with van der Waals surface area (Å²) in [7, 11) is 0. The van der Waals surface area contributed by atoms with Crippen LogP contribution in [0.3, 0.4) is 0 Å². The highest BCUT2D eigenvalue weighted by molar-refractivity contribution is 5.63. The van der Waals surface area contributed by atoms with Crippen molar-refractivity contribution in [1.82, 2.24) is 20.2 Å². The summed E-state index contributed by atoms with van der Waals surface area (Å²) in [4.78, 5) is 0. The van der Waals surface area contributed by atoms with Crippen molar-refractivity contribution in [2.45, 2.75) is 40.2 Å². The number of aryl methyl sites for hydroxylation is 1. The van der Waals surface area contributed by atoms with Gasteiger partial charge in [-0.1, -0.05) is 26.0 Å². The lowest BCUT2D eigenvalue weighted by Gasteiger charge is -2.15. The van der Waals surface area contributed by atoms with Crippen molar-refractivity contribution in [3.8, 4) is 11.4 Å². The summed E-state index contributed by atoms with van der Waals surface area (Å²) in [5.74, 6) is 1.38. The van der Waals surface area contributed by atoms with Crippen molar-refractivity contribution in [3.63, 3.8) is 0 Å². The lowest BCUT2D eigenvalue weighted by molar-refractivity contribution is 0.394. The number of nitrogen functional groups attached to an aromatic ring is 1. The Balaban J connectivity index is 2.35. The van der Waals surface area contributed by atoms with Gasteiger partial charge in [-0.15, -0.1) is 5.10 Å². The van der Waals surface area contributed by atoms with Gasteiger partial charge in [-0.25, -0.2) is 4.68 Å². The summed E-state index contributed by atoms with van der Waals surface area (Å²) in [5.41, 5.74) is 8.75. The molecule has 2 rings (SSSR count). The molecule has 1 atom stereocenters. The fraction of sp³-hybridized carbons (Fsp3) is 0.500. The number of anilines is 1. The molecule has 0 aliphatic carbocycles. The number of hydrogen-bond acceptors (Lipinski definition) is 4. The molecular formula is C14H21N5. The van der Waals surface area contributed by atoms with Gasteiger partial charge in [-0.05, 0) is 48.2 Å². The third-order valence-corrected chi connectivity index (χ3v) is 3.26. The molecule has 0 saturated heterocycles. The Labute approximate surface area is 113 Å². The van der Waals surface area contributed by atoms with Gasteiger partial charge in [0.05, 0.1) is 6.04 Å². The van der Waals surface area contributed by atoms with Crippen molar-refractivity contribution in [1.29, 1.82) is 0 Å². The Morgan fingerprint density at radius 2 is 2.00 bits per heavy atom. The second-order valence-electron chi connectivity index (χ2n) is 5.50. The molecule has 0 spiro atoms. The molecule has 19 heavy (non-hydrogen) atoms. The van der Waals surface area contributed by atoms with Crippen LogP contribution in [0.25, 0.3) is 11.4 Å². The monoisotopic (exact) mass is 259 g/mol. The molecule has 0 fully saturated rings. The molecule has 102 valence electrons. The molecular weight excluding hydrogens is 238 g/mol. The number of hydrogen-bond donors (Lipinski definition) is 1. The minimum Gasteiger partial charge on any atom is -0.398 e. The minimum absolute atomic E-state index is 0.271. The smallest absolute Gasteiger partial charge is 0.182 e. The standard InChI is InChI=1S/C14H21N5/c1-9(2)7-11(4)19-14(16-17-18-19)12-6-5-10(3)13(15)8-12/h5-6,8-9,11H,7,15H2,1-4H3.